The molecule has 2 aromatic carbocycles. The Labute approximate surface area is 249 Å². The zero-order valence-corrected chi connectivity index (χ0v) is 23.8. The van der Waals surface area contributed by atoms with Gasteiger partial charge in [-0.1, -0.05) is 17.7 Å². The molecule has 0 spiro atoms. The van der Waals surface area contributed by atoms with Crippen LogP contribution in [0.3, 0.4) is 0 Å². The van der Waals surface area contributed by atoms with Gasteiger partial charge in [0.05, 0.1) is 0 Å². The molecule has 2 rings (SSSR count). The van der Waals surface area contributed by atoms with Crippen molar-refractivity contribution in [3.05, 3.63) is 54.1 Å². The number of nitrogens with one attached hydrogen (secondary N) is 4. The molecule has 0 atom stereocenters. The van der Waals surface area contributed by atoms with Gasteiger partial charge in [-0.05, 0) is 50.2 Å². The summed E-state index contributed by atoms with van der Waals surface area (Å²) in [4.78, 5) is 91.6. The van der Waals surface area contributed by atoms with E-state index in [1.54, 1.807) is 12.1 Å². The van der Waals surface area contributed by atoms with Crippen LogP contribution < -0.4 is 26.0 Å². The average molecular weight is 619 g/mol. The predicted octanol–water partition coefficient (Wildman–Crippen LogP) is -0.348. The van der Waals surface area contributed by atoms with E-state index < -0.39 is 58.3 Å². The van der Waals surface area contributed by atoms with Crippen LogP contribution >= 0.6 is 0 Å². The molecule has 4 amide bonds. The van der Waals surface area contributed by atoms with Crippen LogP contribution in [0.2, 0.25) is 0 Å². The summed E-state index contributed by atoms with van der Waals surface area (Å²) in [7, 11) is 2.08. The summed E-state index contributed by atoms with van der Waals surface area (Å²) in [5.41, 5.74) is -5.30. The fraction of sp³-hybridized carbons (Fsp3) is 0.259. The highest BCUT2D eigenvalue weighted by molar-refractivity contribution is 6.36. The standard InChI is InChI=1S/C19H18N2O7.C8H12N2O6/c1-11-3-7-13(8-4-11)28-14-9-5-12(6-10-14)21-16(23)19(17(24)25,18(26)27)15(22)20-2;1-3-10-5(12)8(6(13)14,7(15)16)4(11)9-2/h3-10H,1-2H3,(H,20,22)(H,21,23)(H,24,25)(H,26,27);3H2,1-2H3,(H,9,11)(H,10,12)(H,13,14)(H,15,16). The molecule has 0 aliphatic rings. The van der Waals surface area contributed by atoms with Crippen molar-refractivity contribution < 1.29 is 63.5 Å². The summed E-state index contributed by atoms with van der Waals surface area (Å²) in [6.07, 6.45) is 0. The van der Waals surface area contributed by atoms with Gasteiger partial charge in [0.1, 0.15) is 11.5 Å². The van der Waals surface area contributed by atoms with E-state index in [9.17, 15) is 48.6 Å². The molecule has 8 N–H and O–H groups in total. The van der Waals surface area contributed by atoms with Crippen LogP contribution in [0.5, 0.6) is 11.5 Å². The minimum atomic E-state index is -3.31. The molecule has 0 radical (unpaired) electrons. The van der Waals surface area contributed by atoms with Crippen molar-refractivity contribution in [3.8, 4) is 11.5 Å². The molecule has 0 unspecified atom stereocenters. The van der Waals surface area contributed by atoms with Crippen LogP contribution in [0.15, 0.2) is 48.5 Å². The highest BCUT2D eigenvalue weighted by Crippen LogP contribution is 2.26. The van der Waals surface area contributed by atoms with Crippen molar-refractivity contribution in [1.29, 1.82) is 0 Å². The van der Waals surface area contributed by atoms with E-state index in [-0.39, 0.29) is 12.2 Å². The number of ether oxygens (including phenoxy) is 1. The number of benzene rings is 2. The summed E-state index contributed by atoms with van der Waals surface area (Å²) in [5.74, 6) is -13.0. The van der Waals surface area contributed by atoms with Crippen molar-refractivity contribution in [3.63, 3.8) is 0 Å². The van der Waals surface area contributed by atoms with Crippen molar-refractivity contribution in [2.24, 2.45) is 10.8 Å². The Kier molecular flexibility index (Phi) is 12.5. The van der Waals surface area contributed by atoms with Gasteiger partial charge >= 0.3 is 34.7 Å². The first-order valence-corrected chi connectivity index (χ1v) is 12.4. The smallest absolute Gasteiger partial charge is 0.340 e. The average Bonchev–Trinajstić information content (AvgIpc) is 2.95. The lowest BCUT2D eigenvalue weighted by molar-refractivity contribution is -0.175. The van der Waals surface area contributed by atoms with Gasteiger partial charge in [0.2, 0.25) is 0 Å². The van der Waals surface area contributed by atoms with E-state index in [1.165, 1.54) is 31.2 Å². The van der Waals surface area contributed by atoms with Gasteiger partial charge in [0.25, 0.3) is 23.6 Å². The van der Waals surface area contributed by atoms with Gasteiger partial charge in [-0.2, -0.15) is 0 Å². The lowest BCUT2D eigenvalue weighted by Crippen LogP contribution is -2.60. The first-order valence-electron chi connectivity index (χ1n) is 12.4. The highest BCUT2D eigenvalue weighted by atomic mass is 16.5. The summed E-state index contributed by atoms with van der Waals surface area (Å²) in [5, 5.41) is 44.0. The molecule has 0 aromatic heterocycles. The Morgan fingerprint density at radius 2 is 0.977 bits per heavy atom. The van der Waals surface area contributed by atoms with E-state index in [0.29, 0.717) is 11.5 Å². The van der Waals surface area contributed by atoms with Crippen molar-refractivity contribution in [1.82, 2.24) is 16.0 Å². The molecule has 0 bridgehead atoms. The Bertz CT molecular complexity index is 1410. The van der Waals surface area contributed by atoms with Gasteiger partial charge < -0.3 is 46.4 Å². The molecule has 0 saturated heterocycles. The van der Waals surface area contributed by atoms with E-state index >= 15 is 0 Å². The third-order valence-electron chi connectivity index (χ3n) is 5.81. The molecule has 0 heterocycles. The molecular formula is C27H30N4O13. The Balaban J connectivity index is 0.000000517. The van der Waals surface area contributed by atoms with Crippen LogP contribution in [0.25, 0.3) is 0 Å². The van der Waals surface area contributed by atoms with Gasteiger partial charge in [-0.15, -0.1) is 0 Å². The number of carboxylic acid groups (broad SMARTS) is 4. The number of carbonyl (C=O) groups excluding carboxylic acids is 4. The Hall–Kier alpha value is -6.00. The number of amides is 4. The minimum Gasteiger partial charge on any atom is -0.480 e. The Morgan fingerprint density at radius 1 is 0.614 bits per heavy atom. The highest BCUT2D eigenvalue weighted by Gasteiger charge is 2.61. The number of aryl methyl sites for hydroxylation is 1. The molecule has 0 fully saturated rings. The van der Waals surface area contributed by atoms with Gasteiger partial charge in [-0.25, -0.2) is 19.2 Å². The fourth-order valence-corrected chi connectivity index (χ4v) is 3.41. The second kappa shape index (κ2) is 15.3. The lowest BCUT2D eigenvalue weighted by Gasteiger charge is -2.22. The van der Waals surface area contributed by atoms with E-state index in [4.69, 9.17) is 14.9 Å². The van der Waals surface area contributed by atoms with E-state index in [2.05, 4.69) is 5.32 Å². The molecule has 2 aromatic rings. The van der Waals surface area contributed by atoms with Gasteiger partial charge in [-0.3, -0.25) is 19.2 Å². The minimum absolute atomic E-state index is 0.0120. The summed E-state index contributed by atoms with van der Waals surface area (Å²) in [6, 6.07) is 13.1. The van der Waals surface area contributed by atoms with Gasteiger partial charge in [0.15, 0.2) is 0 Å². The number of carbonyl (C=O) groups is 8. The second-order valence-electron chi connectivity index (χ2n) is 8.63. The normalized spacial score (nSPS) is 10.5. The molecule has 44 heavy (non-hydrogen) atoms. The molecule has 0 saturated carbocycles. The molecule has 17 heteroatoms. The van der Waals surface area contributed by atoms with Crippen LogP contribution in [-0.4, -0.2) is 88.6 Å². The summed E-state index contributed by atoms with van der Waals surface area (Å²) in [6.45, 7) is 3.42. The van der Waals surface area contributed by atoms with Crippen LogP contribution in [0.4, 0.5) is 5.69 Å². The number of hydrogen-bond donors (Lipinski definition) is 8. The molecule has 236 valence electrons. The molecule has 17 nitrogen and oxygen atoms in total. The summed E-state index contributed by atoms with van der Waals surface area (Å²) < 4.78 is 5.63. The third-order valence-corrected chi connectivity index (χ3v) is 5.81. The van der Waals surface area contributed by atoms with Gasteiger partial charge in [0, 0.05) is 26.3 Å². The molecular weight excluding hydrogens is 588 g/mol. The van der Waals surface area contributed by atoms with Crippen LogP contribution in [0.1, 0.15) is 12.5 Å². The second-order valence-corrected chi connectivity index (χ2v) is 8.63. The quantitative estimate of drug-likeness (QED) is 0.141. The van der Waals surface area contributed by atoms with Crippen molar-refractivity contribution in [2.75, 3.05) is 26.0 Å². The monoisotopic (exact) mass is 618 g/mol. The first kappa shape index (κ1) is 36.0. The van der Waals surface area contributed by atoms with Crippen LogP contribution in [-0.2, 0) is 38.4 Å². The zero-order valence-electron chi connectivity index (χ0n) is 23.8. The third kappa shape index (κ3) is 7.44. The van der Waals surface area contributed by atoms with E-state index in [0.717, 1.165) is 19.7 Å². The number of anilines is 1. The Morgan fingerprint density at radius 3 is 1.32 bits per heavy atom. The topological polar surface area (TPSA) is 275 Å². The number of rotatable bonds is 12. The maximum Gasteiger partial charge on any atom is 0.340 e. The fourth-order valence-electron chi connectivity index (χ4n) is 3.41. The maximum atomic E-state index is 12.4. The molecule has 0 aliphatic carbocycles. The van der Waals surface area contributed by atoms with Crippen molar-refractivity contribution in [2.45, 2.75) is 13.8 Å². The maximum absolute atomic E-state index is 12.4. The largest absolute Gasteiger partial charge is 0.480 e. The molecule has 0 aliphatic heterocycles. The number of hydrogen-bond acceptors (Lipinski definition) is 9. The predicted molar refractivity (Wildman–Crippen MR) is 149 cm³/mol. The SMILES string of the molecule is CCNC(=O)C(C(=O)O)(C(=O)O)C(=O)NC.CNC(=O)C(C(=O)O)(C(=O)O)C(=O)Nc1ccc(Oc2ccc(C)cc2)cc1. The van der Waals surface area contributed by atoms with Crippen molar-refractivity contribution >= 4 is 53.2 Å². The first-order chi connectivity index (χ1) is 20.6. The number of aliphatic carboxylic acids is 4. The lowest BCUT2D eigenvalue weighted by atomic mass is 9.85. The summed E-state index contributed by atoms with van der Waals surface area (Å²) >= 11 is 0. The van der Waals surface area contributed by atoms with E-state index in [1.807, 2.05) is 35.0 Å². The van der Waals surface area contributed by atoms with Crippen LogP contribution in [0, 0.1) is 17.8 Å². The zero-order chi connectivity index (χ0) is 33.8. The number of carboxylic acids is 4.